The predicted octanol–water partition coefficient (Wildman–Crippen LogP) is 1.77. The molecular weight excluding hydrogens is 262 g/mol. The number of hydrogen-bond acceptors (Lipinski definition) is 4. The van der Waals surface area contributed by atoms with Crippen molar-refractivity contribution in [1.82, 2.24) is 4.90 Å². The summed E-state index contributed by atoms with van der Waals surface area (Å²) in [5, 5.41) is 16.0. The van der Waals surface area contributed by atoms with Crippen molar-refractivity contribution in [2.45, 2.75) is 38.3 Å². The molecule has 0 bridgehead atoms. The van der Waals surface area contributed by atoms with Gasteiger partial charge in [0.1, 0.15) is 5.41 Å². The van der Waals surface area contributed by atoms with E-state index in [1.54, 1.807) is 11.3 Å². The van der Waals surface area contributed by atoms with Crippen molar-refractivity contribution < 1.29 is 10.0 Å². The van der Waals surface area contributed by atoms with Gasteiger partial charge in [-0.25, -0.2) is 0 Å². The highest BCUT2D eigenvalue weighted by Crippen LogP contribution is 2.49. The summed E-state index contributed by atoms with van der Waals surface area (Å²) in [6.07, 6.45) is 3.49. The molecule has 5 nitrogen and oxygen atoms in total. The number of carbonyl (C=O) groups excluding carboxylic acids is 1. The van der Waals surface area contributed by atoms with Crippen LogP contribution in [0.2, 0.25) is 0 Å². The SMILES string of the molecule is N/C(=N/O)C1(C(=O)N(Cc2ccsc2)C2CC2)CC1. The van der Waals surface area contributed by atoms with Crippen LogP contribution in [0.3, 0.4) is 0 Å². The molecule has 0 saturated heterocycles. The van der Waals surface area contributed by atoms with E-state index in [-0.39, 0.29) is 11.7 Å². The van der Waals surface area contributed by atoms with Crippen LogP contribution >= 0.6 is 11.3 Å². The van der Waals surface area contributed by atoms with E-state index in [0.717, 1.165) is 18.4 Å². The number of amidine groups is 1. The summed E-state index contributed by atoms with van der Waals surface area (Å²) in [5.41, 5.74) is 6.12. The minimum absolute atomic E-state index is 0.0245. The Morgan fingerprint density at radius 3 is 2.79 bits per heavy atom. The number of oxime groups is 1. The van der Waals surface area contributed by atoms with Crippen LogP contribution in [-0.2, 0) is 11.3 Å². The van der Waals surface area contributed by atoms with E-state index in [9.17, 15) is 4.79 Å². The Morgan fingerprint density at radius 1 is 1.58 bits per heavy atom. The van der Waals surface area contributed by atoms with Crippen molar-refractivity contribution in [3.63, 3.8) is 0 Å². The number of amides is 1. The summed E-state index contributed by atoms with van der Waals surface area (Å²) in [6.45, 7) is 0.632. The zero-order chi connectivity index (χ0) is 13.5. The van der Waals surface area contributed by atoms with Gasteiger partial charge >= 0.3 is 0 Å². The first-order valence-electron chi connectivity index (χ1n) is 6.47. The number of hydrogen-bond donors (Lipinski definition) is 2. The molecule has 1 heterocycles. The van der Waals surface area contributed by atoms with Crippen molar-refractivity contribution in [2.75, 3.05) is 0 Å². The smallest absolute Gasteiger partial charge is 0.237 e. The van der Waals surface area contributed by atoms with Crippen molar-refractivity contribution >= 4 is 23.1 Å². The van der Waals surface area contributed by atoms with Gasteiger partial charge in [0.2, 0.25) is 5.91 Å². The molecule has 0 atom stereocenters. The molecule has 6 heteroatoms. The molecule has 102 valence electrons. The summed E-state index contributed by atoms with van der Waals surface area (Å²) in [4.78, 5) is 14.6. The highest BCUT2D eigenvalue weighted by molar-refractivity contribution is 7.07. The van der Waals surface area contributed by atoms with E-state index in [2.05, 4.69) is 10.5 Å². The van der Waals surface area contributed by atoms with Crippen LogP contribution in [0, 0.1) is 5.41 Å². The zero-order valence-electron chi connectivity index (χ0n) is 10.6. The monoisotopic (exact) mass is 279 g/mol. The van der Waals surface area contributed by atoms with E-state index in [4.69, 9.17) is 10.9 Å². The first-order chi connectivity index (χ1) is 9.17. The first-order valence-corrected chi connectivity index (χ1v) is 7.42. The Morgan fingerprint density at radius 2 is 2.32 bits per heavy atom. The van der Waals surface area contributed by atoms with Crippen LogP contribution in [0.15, 0.2) is 22.0 Å². The maximum atomic E-state index is 12.7. The van der Waals surface area contributed by atoms with Crippen LogP contribution in [0.1, 0.15) is 31.2 Å². The number of carbonyl (C=O) groups is 1. The minimum Gasteiger partial charge on any atom is -0.409 e. The molecule has 2 fully saturated rings. The van der Waals surface area contributed by atoms with Crippen LogP contribution in [0.5, 0.6) is 0 Å². The lowest BCUT2D eigenvalue weighted by atomic mass is 10.0. The highest BCUT2D eigenvalue weighted by Gasteiger charge is 2.57. The molecule has 2 saturated carbocycles. The van der Waals surface area contributed by atoms with Gasteiger partial charge in [0, 0.05) is 12.6 Å². The maximum absolute atomic E-state index is 12.7. The molecule has 3 N–H and O–H groups in total. The standard InChI is InChI=1S/C13H17N3O2S/c14-11(15-18)13(4-5-13)12(17)16(10-1-2-10)7-9-3-6-19-8-9/h3,6,8,10,18H,1-2,4-5,7H2,(H2,14,15). The molecule has 1 amide bonds. The van der Waals surface area contributed by atoms with Crippen LogP contribution in [0.25, 0.3) is 0 Å². The molecule has 0 unspecified atom stereocenters. The molecule has 2 aliphatic rings. The second-order valence-corrected chi connectivity index (χ2v) is 6.14. The third-order valence-electron chi connectivity index (χ3n) is 3.94. The molecule has 0 aromatic carbocycles. The topological polar surface area (TPSA) is 78.9 Å². The molecule has 0 radical (unpaired) electrons. The molecular formula is C13H17N3O2S. The number of thiophene rings is 1. The second-order valence-electron chi connectivity index (χ2n) is 5.36. The lowest BCUT2D eigenvalue weighted by Gasteiger charge is -2.26. The van der Waals surface area contributed by atoms with Gasteiger partial charge in [0.25, 0.3) is 0 Å². The molecule has 0 aliphatic heterocycles. The van der Waals surface area contributed by atoms with Gasteiger partial charge in [-0.2, -0.15) is 11.3 Å². The lowest BCUT2D eigenvalue weighted by Crippen LogP contribution is -2.44. The van der Waals surface area contributed by atoms with Crippen LogP contribution in [0.4, 0.5) is 0 Å². The largest absolute Gasteiger partial charge is 0.409 e. The fourth-order valence-corrected chi connectivity index (χ4v) is 3.07. The van der Waals surface area contributed by atoms with Crippen LogP contribution < -0.4 is 5.73 Å². The molecule has 2 aliphatic carbocycles. The molecule has 1 aromatic rings. The van der Waals surface area contributed by atoms with Gasteiger partial charge in [0.15, 0.2) is 5.84 Å². The fraction of sp³-hybridized carbons (Fsp3) is 0.538. The maximum Gasteiger partial charge on any atom is 0.237 e. The summed E-state index contributed by atoms with van der Waals surface area (Å²) in [6, 6.07) is 2.37. The van der Waals surface area contributed by atoms with E-state index in [0.29, 0.717) is 25.4 Å². The number of rotatable bonds is 5. The summed E-state index contributed by atoms with van der Waals surface area (Å²) in [5.74, 6) is 0.0879. The Labute approximate surface area is 115 Å². The quantitative estimate of drug-likeness (QED) is 0.373. The normalized spacial score (nSPS) is 21.2. The average molecular weight is 279 g/mol. The van der Waals surface area contributed by atoms with E-state index in [1.807, 2.05) is 16.3 Å². The second kappa shape index (κ2) is 4.52. The number of nitrogens with zero attached hydrogens (tertiary/aromatic N) is 2. The van der Waals surface area contributed by atoms with Crippen LogP contribution in [-0.4, -0.2) is 27.9 Å². The molecule has 1 aromatic heterocycles. The summed E-state index contributed by atoms with van der Waals surface area (Å²) in [7, 11) is 0. The van der Waals surface area contributed by atoms with E-state index >= 15 is 0 Å². The summed E-state index contributed by atoms with van der Waals surface area (Å²) >= 11 is 1.63. The van der Waals surface area contributed by atoms with E-state index < -0.39 is 5.41 Å². The van der Waals surface area contributed by atoms with Gasteiger partial charge < -0.3 is 15.8 Å². The average Bonchev–Trinajstić information content (AvgIpc) is 3.34. The Hall–Kier alpha value is -1.56. The van der Waals surface area contributed by atoms with Crippen molar-refractivity contribution in [3.8, 4) is 0 Å². The Balaban J connectivity index is 1.79. The molecule has 0 spiro atoms. The third-order valence-corrected chi connectivity index (χ3v) is 4.67. The van der Waals surface area contributed by atoms with Gasteiger partial charge in [-0.3, -0.25) is 4.79 Å². The number of nitrogens with two attached hydrogens (primary N) is 1. The Kier molecular flexibility index (Phi) is 2.97. The van der Waals surface area contributed by atoms with Gasteiger partial charge in [-0.1, -0.05) is 5.16 Å². The van der Waals surface area contributed by atoms with Crippen molar-refractivity contribution in [3.05, 3.63) is 22.4 Å². The molecule has 3 rings (SSSR count). The van der Waals surface area contributed by atoms with Crippen molar-refractivity contribution in [2.24, 2.45) is 16.3 Å². The van der Waals surface area contributed by atoms with E-state index in [1.165, 1.54) is 0 Å². The van der Waals surface area contributed by atoms with Crippen molar-refractivity contribution in [1.29, 1.82) is 0 Å². The lowest BCUT2D eigenvalue weighted by molar-refractivity contribution is -0.135. The highest BCUT2D eigenvalue weighted by atomic mass is 32.1. The summed E-state index contributed by atoms with van der Waals surface area (Å²) < 4.78 is 0. The first kappa shape index (κ1) is 12.5. The van der Waals surface area contributed by atoms with Gasteiger partial charge in [0.05, 0.1) is 0 Å². The van der Waals surface area contributed by atoms with Gasteiger partial charge in [-0.15, -0.1) is 0 Å². The Bertz CT molecular complexity index is 504. The van der Waals surface area contributed by atoms with Gasteiger partial charge in [-0.05, 0) is 48.1 Å². The molecule has 19 heavy (non-hydrogen) atoms. The third kappa shape index (κ3) is 2.20. The minimum atomic E-state index is -0.729. The fourth-order valence-electron chi connectivity index (χ4n) is 2.41. The zero-order valence-corrected chi connectivity index (χ0v) is 11.4. The predicted molar refractivity (Wildman–Crippen MR) is 73.0 cm³/mol.